The number of nitrogens with zero attached hydrogens (tertiary/aromatic N) is 1. The Bertz CT molecular complexity index is 452. The number of methoxy groups -OCH3 is 1. The summed E-state index contributed by atoms with van der Waals surface area (Å²) in [5.74, 6) is -0.181. The van der Waals surface area contributed by atoms with E-state index in [1.165, 1.54) is 6.07 Å². The molecule has 0 amide bonds. The second kappa shape index (κ2) is 6.20. The van der Waals surface area contributed by atoms with Crippen molar-refractivity contribution in [3.63, 3.8) is 0 Å². The maximum Gasteiger partial charge on any atom is 0.128 e. The van der Waals surface area contributed by atoms with E-state index in [1.54, 1.807) is 13.2 Å². The van der Waals surface area contributed by atoms with Crippen molar-refractivity contribution < 1.29 is 9.13 Å². The Morgan fingerprint density at radius 1 is 1.40 bits per heavy atom. The van der Waals surface area contributed by atoms with Gasteiger partial charge in [-0.25, -0.2) is 4.39 Å². The van der Waals surface area contributed by atoms with Crippen molar-refractivity contribution >= 4 is 0 Å². The highest BCUT2D eigenvalue weighted by Gasteiger charge is 2.36. The lowest BCUT2D eigenvalue weighted by Gasteiger charge is -2.44. The summed E-state index contributed by atoms with van der Waals surface area (Å²) in [4.78, 5) is 2.26. The third kappa shape index (κ3) is 3.19. The minimum atomic E-state index is -0.181. The number of nitrogens with two attached hydrogens (primary N) is 1. The lowest BCUT2D eigenvalue weighted by atomic mass is 9.90. The van der Waals surface area contributed by atoms with E-state index in [0.717, 1.165) is 25.9 Å². The van der Waals surface area contributed by atoms with Crippen LogP contribution in [0.5, 0.6) is 0 Å². The zero-order valence-electron chi connectivity index (χ0n) is 12.6. The first-order valence-electron chi connectivity index (χ1n) is 7.26. The first-order valence-corrected chi connectivity index (χ1v) is 7.26. The molecule has 0 radical (unpaired) electrons. The van der Waals surface area contributed by atoms with Gasteiger partial charge in [0.25, 0.3) is 0 Å². The highest BCUT2D eigenvalue weighted by molar-refractivity contribution is 5.23. The standard InChI is InChI=1S/C16H25FN2O/c1-12(18)15(13-7-4-5-8-14(13)17)19-10-6-9-16(2,11-19)20-3/h4-5,7-8,12,15H,6,9-11,18H2,1-3H3. The van der Waals surface area contributed by atoms with Crippen molar-refractivity contribution in [2.24, 2.45) is 5.73 Å². The molecule has 0 aromatic heterocycles. The van der Waals surface area contributed by atoms with Gasteiger partial charge in [-0.3, -0.25) is 4.90 Å². The normalized spacial score (nSPS) is 27.2. The molecule has 1 heterocycles. The molecule has 3 atom stereocenters. The van der Waals surface area contributed by atoms with E-state index >= 15 is 0 Å². The molecule has 1 aromatic carbocycles. The average Bonchev–Trinajstić information content (AvgIpc) is 2.41. The van der Waals surface area contributed by atoms with Crippen molar-refractivity contribution in [2.45, 2.75) is 44.4 Å². The van der Waals surface area contributed by atoms with Crippen LogP contribution in [-0.4, -0.2) is 36.7 Å². The molecule has 3 unspecified atom stereocenters. The van der Waals surface area contributed by atoms with Crippen LogP contribution in [0.15, 0.2) is 24.3 Å². The van der Waals surface area contributed by atoms with Crippen molar-refractivity contribution in [3.05, 3.63) is 35.6 Å². The van der Waals surface area contributed by atoms with Crippen molar-refractivity contribution in [2.75, 3.05) is 20.2 Å². The number of rotatable bonds is 4. The third-order valence-corrected chi connectivity index (χ3v) is 4.30. The quantitative estimate of drug-likeness (QED) is 0.921. The molecule has 20 heavy (non-hydrogen) atoms. The van der Waals surface area contributed by atoms with Crippen LogP contribution in [0.1, 0.15) is 38.3 Å². The molecule has 2 rings (SSSR count). The number of benzene rings is 1. The van der Waals surface area contributed by atoms with Crippen LogP contribution in [0.25, 0.3) is 0 Å². The van der Waals surface area contributed by atoms with E-state index in [1.807, 2.05) is 19.1 Å². The minimum Gasteiger partial charge on any atom is -0.377 e. The first-order chi connectivity index (χ1) is 9.47. The lowest BCUT2D eigenvalue weighted by molar-refractivity contribution is -0.0640. The van der Waals surface area contributed by atoms with Gasteiger partial charge in [-0.1, -0.05) is 18.2 Å². The average molecular weight is 280 g/mol. The van der Waals surface area contributed by atoms with Crippen molar-refractivity contribution in [1.29, 1.82) is 0 Å². The summed E-state index contributed by atoms with van der Waals surface area (Å²) in [5.41, 5.74) is 6.66. The van der Waals surface area contributed by atoms with Gasteiger partial charge in [0.15, 0.2) is 0 Å². The molecule has 0 bridgehead atoms. The van der Waals surface area contributed by atoms with Gasteiger partial charge in [-0.2, -0.15) is 0 Å². The van der Waals surface area contributed by atoms with Crippen LogP contribution in [-0.2, 0) is 4.74 Å². The number of ether oxygens (including phenoxy) is 1. The van der Waals surface area contributed by atoms with E-state index in [4.69, 9.17) is 10.5 Å². The van der Waals surface area contributed by atoms with Crippen LogP contribution < -0.4 is 5.73 Å². The Morgan fingerprint density at radius 2 is 2.10 bits per heavy atom. The summed E-state index contributed by atoms with van der Waals surface area (Å²) in [6.07, 6.45) is 2.07. The molecule has 1 aliphatic rings. The Kier molecular flexibility index (Phi) is 4.78. The van der Waals surface area contributed by atoms with Crippen LogP contribution in [0.3, 0.4) is 0 Å². The van der Waals surface area contributed by atoms with Crippen LogP contribution in [0.2, 0.25) is 0 Å². The van der Waals surface area contributed by atoms with E-state index in [0.29, 0.717) is 5.56 Å². The second-order valence-electron chi connectivity index (χ2n) is 6.05. The fraction of sp³-hybridized carbons (Fsp3) is 0.625. The van der Waals surface area contributed by atoms with Gasteiger partial charge in [-0.15, -0.1) is 0 Å². The summed E-state index contributed by atoms with van der Waals surface area (Å²) < 4.78 is 19.7. The summed E-state index contributed by atoms with van der Waals surface area (Å²) >= 11 is 0. The van der Waals surface area contributed by atoms with Gasteiger partial charge in [0.2, 0.25) is 0 Å². The molecule has 0 spiro atoms. The molecule has 0 aliphatic carbocycles. The van der Waals surface area contributed by atoms with Gasteiger partial charge in [0.05, 0.1) is 11.6 Å². The molecular formula is C16H25FN2O. The predicted molar refractivity (Wildman–Crippen MR) is 79.0 cm³/mol. The van der Waals surface area contributed by atoms with Gasteiger partial charge >= 0.3 is 0 Å². The third-order valence-electron chi connectivity index (χ3n) is 4.30. The fourth-order valence-corrected chi connectivity index (χ4v) is 3.18. The molecule has 1 fully saturated rings. The van der Waals surface area contributed by atoms with E-state index in [-0.39, 0.29) is 23.5 Å². The molecule has 1 saturated heterocycles. The molecule has 0 saturated carbocycles. The molecule has 2 N–H and O–H groups in total. The van der Waals surface area contributed by atoms with Gasteiger partial charge in [0, 0.05) is 25.3 Å². The largest absolute Gasteiger partial charge is 0.377 e. The van der Waals surface area contributed by atoms with Gasteiger partial charge in [0.1, 0.15) is 5.82 Å². The highest BCUT2D eigenvalue weighted by Crippen LogP contribution is 2.32. The number of piperidine rings is 1. The molecule has 3 nitrogen and oxygen atoms in total. The van der Waals surface area contributed by atoms with E-state index in [2.05, 4.69) is 11.8 Å². The summed E-state index contributed by atoms with van der Waals surface area (Å²) in [5, 5.41) is 0. The number of hydrogen-bond donors (Lipinski definition) is 1. The first kappa shape index (κ1) is 15.4. The van der Waals surface area contributed by atoms with Crippen LogP contribution >= 0.6 is 0 Å². The van der Waals surface area contributed by atoms with Crippen LogP contribution in [0, 0.1) is 5.82 Å². The maximum absolute atomic E-state index is 14.1. The monoisotopic (exact) mass is 280 g/mol. The molecule has 112 valence electrons. The summed E-state index contributed by atoms with van der Waals surface area (Å²) in [6.45, 7) is 5.76. The number of halogens is 1. The van der Waals surface area contributed by atoms with E-state index < -0.39 is 0 Å². The Labute approximate surface area is 120 Å². The zero-order valence-corrected chi connectivity index (χ0v) is 12.6. The molecule has 4 heteroatoms. The Hall–Kier alpha value is -0.970. The second-order valence-corrected chi connectivity index (χ2v) is 6.05. The van der Waals surface area contributed by atoms with Crippen LogP contribution in [0.4, 0.5) is 4.39 Å². The zero-order chi connectivity index (χ0) is 14.8. The Balaban J connectivity index is 2.28. The summed E-state index contributed by atoms with van der Waals surface area (Å²) in [6, 6.07) is 6.68. The topological polar surface area (TPSA) is 38.5 Å². The van der Waals surface area contributed by atoms with Crippen molar-refractivity contribution in [1.82, 2.24) is 4.90 Å². The highest BCUT2D eigenvalue weighted by atomic mass is 19.1. The molecule has 1 aliphatic heterocycles. The fourth-order valence-electron chi connectivity index (χ4n) is 3.18. The molecular weight excluding hydrogens is 255 g/mol. The lowest BCUT2D eigenvalue weighted by Crippen LogP contribution is -2.51. The SMILES string of the molecule is COC1(C)CCCN(C(c2ccccc2F)C(C)N)C1. The van der Waals surface area contributed by atoms with Crippen molar-refractivity contribution in [3.8, 4) is 0 Å². The van der Waals surface area contributed by atoms with Gasteiger partial charge in [-0.05, 0) is 39.3 Å². The predicted octanol–water partition coefficient (Wildman–Crippen LogP) is 2.71. The number of hydrogen-bond acceptors (Lipinski definition) is 3. The summed E-state index contributed by atoms with van der Waals surface area (Å²) in [7, 11) is 1.74. The van der Waals surface area contributed by atoms with E-state index in [9.17, 15) is 4.39 Å². The molecule has 1 aromatic rings. The number of likely N-dealkylation sites (tertiary alicyclic amines) is 1. The van der Waals surface area contributed by atoms with Gasteiger partial charge < -0.3 is 10.5 Å². The smallest absolute Gasteiger partial charge is 0.128 e. The Morgan fingerprint density at radius 3 is 2.70 bits per heavy atom. The maximum atomic E-state index is 14.1. The minimum absolute atomic E-state index is 0.106.